The molecule has 1 radical (unpaired) electrons. The summed E-state index contributed by atoms with van der Waals surface area (Å²) in [5, 5.41) is 0. The van der Waals surface area contributed by atoms with E-state index in [0.29, 0.717) is 5.75 Å². The van der Waals surface area contributed by atoms with Gasteiger partial charge in [0.15, 0.2) is 0 Å². The minimum Gasteiger partial charge on any atom is -0.398 e. The van der Waals surface area contributed by atoms with E-state index in [1.54, 1.807) is 0 Å². The maximum atomic E-state index is 5.77. The summed E-state index contributed by atoms with van der Waals surface area (Å²) in [6.07, 6.45) is 0. The van der Waals surface area contributed by atoms with Gasteiger partial charge >= 0.3 is 0 Å². The van der Waals surface area contributed by atoms with Crippen molar-refractivity contribution in [1.29, 1.82) is 0 Å². The van der Waals surface area contributed by atoms with Gasteiger partial charge in [-0.15, -0.1) is 0 Å². The number of hydrogen-bond acceptors (Lipinski definition) is 1. The van der Waals surface area contributed by atoms with E-state index in [4.69, 9.17) is 18.4 Å². The molecule has 0 aliphatic carbocycles. The molecule has 59 valence electrons. The maximum Gasteiger partial charge on any atom is 0.0373 e. The normalized spacial score (nSPS) is 10.1. The van der Waals surface area contributed by atoms with Gasteiger partial charge in [0.2, 0.25) is 0 Å². The fourth-order valence-corrected chi connectivity index (χ4v) is 1.31. The zero-order chi connectivity index (χ0) is 8.43. The van der Waals surface area contributed by atoms with Gasteiger partial charge in [0.25, 0.3) is 0 Å². The summed E-state index contributed by atoms with van der Waals surface area (Å²) in [6.45, 7) is 4.02. The van der Waals surface area contributed by atoms with Crippen LogP contribution in [0.25, 0.3) is 0 Å². The molecule has 0 fully saturated rings. The molecule has 0 aliphatic rings. The second kappa shape index (κ2) is 3.18. The Morgan fingerprint density at radius 3 is 2.09 bits per heavy atom. The average molecular weight is 166 g/mol. The Kier molecular flexibility index (Phi) is 2.45. The van der Waals surface area contributed by atoms with Crippen LogP contribution in [0.3, 0.4) is 0 Å². The fourth-order valence-electron chi connectivity index (χ4n) is 1.15. The SMILES string of the molecule is Cc1cc(C[S])cc(C)c1N. The molecule has 0 amide bonds. The quantitative estimate of drug-likeness (QED) is 0.637. The van der Waals surface area contributed by atoms with E-state index in [9.17, 15) is 0 Å². The largest absolute Gasteiger partial charge is 0.398 e. The van der Waals surface area contributed by atoms with Crippen LogP contribution >= 0.6 is 12.6 Å². The molecule has 1 aromatic rings. The molecule has 0 spiro atoms. The zero-order valence-corrected chi connectivity index (χ0v) is 7.66. The highest BCUT2D eigenvalue weighted by Gasteiger charge is 1.99. The van der Waals surface area contributed by atoms with Crippen LogP contribution < -0.4 is 5.73 Å². The number of nitrogens with two attached hydrogens (primary N) is 1. The first-order chi connectivity index (χ1) is 5.15. The van der Waals surface area contributed by atoms with Crippen molar-refractivity contribution in [2.45, 2.75) is 19.6 Å². The Hall–Kier alpha value is -0.630. The number of rotatable bonds is 1. The lowest BCUT2D eigenvalue weighted by Crippen LogP contribution is -1.94. The molecule has 0 saturated heterocycles. The Morgan fingerprint density at radius 2 is 1.73 bits per heavy atom. The van der Waals surface area contributed by atoms with Gasteiger partial charge in [-0.3, -0.25) is 0 Å². The van der Waals surface area contributed by atoms with Gasteiger partial charge in [0, 0.05) is 11.4 Å². The van der Waals surface area contributed by atoms with Crippen molar-refractivity contribution >= 4 is 18.3 Å². The van der Waals surface area contributed by atoms with E-state index >= 15 is 0 Å². The highest BCUT2D eigenvalue weighted by molar-refractivity contribution is 7.79. The van der Waals surface area contributed by atoms with Gasteiger partial charge in [0.1, 0.15) is 0 Å². The number of aryl methyl sites for hydroxylation is 2. The number of nitrogen functional groups attached to an aromatic ring is 1. The summed E-state index contributed by atoms with van der Waals surface area (Å²) in [6, 6.07) is 4.10. The number of hydrogen-bond donors (Lipinski definition) is 1. The summed E-state index contributed by atoms with van der Waals surface area (Å²) in [4.78, 5) is 0. The molecule has 0 aromatic heterocycles. The Morgan fingerprint density at radius 1 is 1.27 bits per heavy atom. The van der Waals surface area contributed by atoms with Crippen LogP contribution in [0.5, 0.6) is 0 Å². The van der Waals surface area contributed by atoms with Gasteiger partial charge in [0.05, 0.1) is 0 Å². The third-order valence-corrected chi connectivity index (χ3v) is 2.15. The van der Waals surface area contributed by atoms with E-state index in [1.807, 2.05) is 13.8 Å². The van der Waals surface area contributed by atoms with Crippen LogP contribution in [0.1, 0.15) is 16.7 Å². The summed E-state index contributed by atoms with van der Waals surface area (Å²) in [5.74, 6) is 0.669. The van der Waals surface area contributed by atoms with Crippen LogP contribution in [0.2, 0.25) is 0 Å². The van der Waals surface area contributed by atoms with Crippen LogP contribution in [-0.4, -0.2) is 0 Å². The molecule has 1 rings (SSSR count). The Labute approximate surface area is 73.0 Å². The molecule has 0 bridgehead atoms. The molecule has 2 heteroatoms. The first-order valence-corrected chi connectivity index (χ1v) is 4.16. The lowest BCUT2D eigenvalue weighted by atomic mass is 10.1. The molecule has 1 nitrogen and oxygen atoms in total. The second-order valence-corrected chi connectivity index (χ2v) is 3.08. The summed E-state index contributed by atoms with van der Waals surface area (Å²) in [5.41, 5.74) is 10.1. The topological polar surface area (TPSA) is 26.0 Å². The van der Waals surface area contributed by atoms with Crippen molar-refractivity contribution in [3.05, 3.63) is 28.8 Å². The van der Waals surface area contributed by atoms with Crippen molar-refractivity contribution in [1.82, 2.24) is 0 Å². The number of anilines is 1. The smallest absolute Gasteiger partial charge is 0.0373 e. The number of benzene rings is 1. The first kappa shape index (κ1) is 8.47. The van der Waals surface area contributed by atoms with Gasteiger partial charge < -0.3 is 5.73 Å². The highest BCUT2D eigenvalue weighted by atomic mass is 32.1. The summed E-state index contributed by atoms with van der Waals surface area (Å²) in [7, 11) is 0. The minimum atomic E-state index is 0.669. The van der Waals surface area contributed by atoms with Crippen LogP contribution in [0.4, 0.5) is 5.69 Å². The lowest BCUT2D eigenvalue weighted by Gasteiger charge is -2.06. The van der Waals surface area contributed by atoms with Crippen molar-refractivity contribution in [2.24, 2.45) is 0 Å². The van der Waals surface area contributed by atoms with E-state index in [1.165, 1.54) is 5.56 Å². The minimum absolute atomic E-state index is 0.669. The summed E-state index contributed by atoms with van der Waals surface area (Å²) < 4.78 is 0. The van der Waals surface area contributed by atoms with Crippen molar-refractivity contribution in [3.63, 3.8) is 0 Å². The van der Waals surface area contributed by atoms with Gasteiger partial charge in [-0.2, -0.15) is 0 Å². The molecule has 0 heterocycles. The molecule has 1 aromatic carbocycles. The predicted octanol–water partition coefficient (Wildman–Crippen LogP) is 2.58. The van der Waals surface area contributed by atoms with Gasteiger partial charge in [-0.05, 0) is 30.5 Å². The van der Waals surface area contributed by atoms with E-state index in [0.717, 1.165) is 16.8 Å². The maximum absolute atomic E-state index is 5.77. The lowest BCUT2D eigenvalue weighted by molar-refractivity contribution is 1.31. The van der Waals surface area contributed by atoms with Crippen molar-refractivity contribution in [3.8, 4) is 0 Å². The van der Waals surface area contributed by atoms with Crippen LogP contribution in [0.15, 0.2) is 12.1 Å². The van der Waals surface area contributed by atoms with Gasteiger partial charge in [-0.1, -0.05) is 24.8 Å². The summed E-state index contributed by atoms with van der Waals surface area (Å²) >= 11 is 4.94. The third kappa shape index (κ3) is 1.69. The zero-order valence-electron chi connectivity index (χ0n) is 6.85. The second-order valence-electron chi connectivity index (χ2n) is 2.79. The molecular formula is C9H12NS. The molecular weight excluding hydrogens is 154 g/mol. The van der Waals surface area contributed by atoms with E-state index in [-0.39, 0.29) is 0 Å². The molecule has 0 atom stereocenters. The standard InChI is InChI=1S/C9H12NS/c1-6-3-8(5-11)4-7(2)9(6)10/h3-4H,5,10H2,1-2H3. The predicted molar refractivity (Wildman–Crippen MR) is 51.6 cm³/mol. The third-order valence-electron chi connectivity index (χ3n) is 1.82. The Balaban J connectivity index is 3.21. The highest BCUT2D eigenvalue weighted by Crippen LogP contribution is 2.19. The Bertz CT molecular complexity index is 245. The molecule has 0 unspecified atom stereocenters. The molecule has 11 heavy (non-hydrogen) atoms. The van der Waals surface area contributed by atoms with Crippen molar-refractivity contribution in [2.75, 3.05) is 5.73 Å². The monoisotopic (exact) mass is 166 g/mol. The fraction of sp³-hybridized carbons (Fsp3) is 0.333. The molecule has 2 N–H and O–H groups in total. The van der Waals surface area contributed by atoms with Crippen molar-refractivity contribution < 1.29 is 0 Å². The average Bonchev–Trinajstić information content (AvgIpc) is 1.99. The van der Waals surface area contributed by atoms with Crippen LogP contribution in [-0.2, 0) is 5.75 Å². The van der Waals surface area contributed by atoms with E-state index in [2.05, 4.69) is 12.1 Å². The molecule has 0 aliphatic heterocycles. The van der Waals surface area contributed by atoms with E-state index < -0.39 is 0 Å². The van der Waals surface area contributed by atoms with Gasteiger partial charge in [-0.25, -0.2) is 0 Å². The van der Waals surface area contributed by atoms with Crippen LogP contribution in [0, 0.1) is 13.8 Å². The molecule has 0 saturated carbocycles. The first-order valence-electron chi connectivity index (χ1n) is 3.59.